The highest BCUT2D eigenvalue weighted by Crippen LogP contribution is 2.27. The molecule has 1 rings (SSSR count). The third-order valence-corrected chi connectivity index (χ3v) is 2.39. The lowest BCUT2D eigenvalue weighted by atomic mass is 9.84. The Hall–Kier alpha value is -0.110. The number of hydrogen-bond acceptors (Lipinski definition) is 1. The fourth-order valence-electron chi connectivity index (χ4n) is 1.64. The zero-order valence-electron chi connectivity index (χ0n) is 6.52. The number of halogens is 1. The first kappa shape index (κ1) is 7.99. The van der Waals surface area contributed by atoms with E-state index in [-0.39, 0.29) is 6.04 Å². The van der Waals surface area contributed by atoms with Gasteiger partial charge in [-0.1, -0.05) is 6.42 Å². The summed E-state index contributed by atoms with van der Waals surface area (Å²) < 4.78 is 12.7. The van der Waals surface area contributed by atoms with Crippen LogP contribution in [0, 0.1) is 5.92 Å². The van der Waals surface area contributed by atoms with Crippen molar-refractivity contribution in [3.8, 4) is 0 Å². The second kappa shape index (κ2) is 3.33. The molecule has 60 valence electrons. The van der Waals surface area contributed by atoms with Crippen LogP contribution in [-0.2, 0) is 0 Å². The first-order valence-corrected chi connectivity index (χ1v) is 4.10. The summed E-state index contributed by atoms with van der Waals surface area (Å²) in [5, 5.41) is 0. The summed E-state index contributed by atoms with van der Waals surface area (Å²) in [7, 11) is 0. The average Bonchev–Trinajstić information content (AvgIpc) is 1.88. The summed E-state index contributed by atoms with van der Waals surface area (Å²) in [4.78, 5) is 0. The highest BCUT2D eigenvalue weighted by molar-refractivity contribution is 4.77. The van der Waals surface area contributed by atoms with E-state index >= 15 is 0 Å². The molecule has 0 aliphatic heterocycles. The van der Waals surface area contributed by atoms with E-state index in [1.54, 1.807) is 0 Å². The van der Waals surface area contributed by atoms with Gasteiger partial charge >= 0.3 is 0 Å². The molecule has 2 N–H and O–H groups in total. The molecular formula is C8H16FN. The quantitative estimate of drug-likeness (QED) is 0.598. The van der Waals surface area contributed by atoms with Crippen LogP contribution < -0.4 is 5.73 Å². The van der Waals surface area contributed by atoms with E-state index < -0.39 is 6.17 Å². The smallest absolute Gasteiger partial charge is 0.100 e. The van der Waals surface area contributed by atoms with Crippen LogP contribution in [0.25, 0.3) is 0 Å². The van der Waals surface area contributed by atoms with E-state index in [1.165, 1.54) is 0 Å². The Balaban J connectivity index is 2.32. The minimum atomic E-state index is -0.579. The van der Waals surface area contributed by atoms with Crippen LogP contribution in [0.1, 0.15) is 32.6 Å². The molecule has 1 aliphatic carbocycles. The van der Waals surface area contributed by atoms with Gasteiger partial charge in [-0.2, -0.15) is 0 Å². The summed E-state index contributed by atoms with van der Waals surface area (Å²) in [5.41, 5.74) is 5.66. The second-order valence-electron chi connectivity index (χ2n) is 3.38. The Morgan fingerprint density at radius 3 is 2.60 bits per heavy atom. The van der Waals surface area contributed by atoms with Gasteiger partial charge in [0, 0.05) is 6.04 Å². The van der Waals surface area contributed by atoms with Crippen molar-refractivity contribution in [3.05, 3.63) is 0 Å². The summed E-state index contributed by atoms with van der Waals surface area (Å²) in [6.45, 7) is 1.97. The van der Waals surface area contributed by atoms with Crippen molar-refractivity contribution in [1.82, 2.24) is 0 Å². The third kappa shape index (κ3) is 1.94. The van der Waals surface area contributed by atoms with Crippen LogP contribution >= 0.6 is 0 Å². The van der Waals surface area contributed by atoms with Gasteiger partial charge in [0.2, 0.25) is 0 Å². The van der Waals surface area contributed by atoms with Crippen LogP contribution in [0.3, 0.4) is 0 Å². The molecule has 0 aromatic carbocycles. The number of rotatable bonds is 1. The molecule has 0 bridgehead atoms. The second-order valence-corrected chi connectivity index (χ2v) is 3.38. The van der Waals surface area contributed by atoms with Gasteiger partial charge in [0.05, 0.1) is 0 Å². The maximum atomic E-state index is 12.7. The standard InChI is InChI=1S/C8H16FN/c1-6(10)7-3-2-4-8(9)5-7/h6-8H,2-5,10H2,1H3/t6-,7-,8+/m0/s1. The molecule has 0 unspecified atom stereocenters. The summed E-state index contributed by atoms with van der Waals surface area (Å²) in [6, 6.07) is 0.179. The normalized spacial score (nSPS) is 37.5. The average molecular weight is 145 g/mol. The fraction of sp³-hybridized carbons (Fsp3) is 1.00. The molecule has 1 saturated carbocycles. The Kier molecular flexibility index (Phi) is 2.66. The van der Waals surface area contributed by atoms with E-state index in [9.17, 15) is 4.39 Å². The Morgan fingerprint density at radius 2 is 2.20 bits per heavy atom. The highest BCUT2D eigenvalue weighted by atomic mass is 19.1. The zero-order chi connectivity index (χ0) is 7.56. The van der Waals surface area contributed by atoms with E-state index in [4.69, 9.17) is 5.73 Å². The van der Waals surface area contributed by atoms with Crippen molar-refractivity contribution in [2.24, 2.45) is 11.7 Å². The predicted molar refractivity (Wildman–Crippen MR) is 40.5 cm³/mol. The van der Waals surface area contributed by atoms with Gasteiger partial charge < -0.3 is 5.73 Å². The van der Waals surface area contributed by atoms with Gasteiger partial charge in [-0.05, 0) is 32.1 Å². The minimum Gasteiger partial charge on any atom is -0.328 e. The lowest BCUT2D eigenvalue weighted by Crippen LogP contribution is -2.31. The Labute approximate surface area is 61.8 Å². The third-order valence-electron chi connectivity index (χ3n) is 2.39. The van der Waals surface area contributed by atoms with Crippen LogP contribution in [0.4, 0.5) is 4.39 Å². The molecular weight excluding hydrogens is 129 g/mol. The predicted octanol–water partition coefficient (Wildman–Crippen LogP) is 1.86. The first-order chi connectivity index (χ1) is 4.70. The van der Waals surface area contributed by atoms with Crippen molar-refractivity contribution < 1.29 is 4.39 Å². The maximum Gasteiger partial charge on any atom is 0.100 e. The van der Waals surface area contributed by atoms with Crippen LogP contribution in [0.15, 0.2) is 0 Å². The largest absolute Gasteiger partial charge is 0.328 e. The molecule has 0 aromatic heterocycles. The van der Waals surface area contributed by atoms with Crippen molar-refractivity contribution >= 4 is 0 Å². The maximum absolute atomic E-state index is 12.7. The minimum absolute atomic E-state index is 0.179. The molecule has 0 aromatic rings. The molecule has 0 radical (unpaired) electrons. The topological polar surface area (TPSA) is 26.0 Å². The summed E-state index contributed by atoms with van der Waals surface area (Å²) in [5.74, 6) is 0.434. The van der Waals surface area contributed by atoms with E-state index in [2.05, 4.69) is 0 Å². The van der Waals surface area contributed by atoms with E-state index in [0.29, 0.717) is 12.3 Å². The van der Waals surface area contributed by atoms with Crippen LogP contribution in [0.2, 0.25) is 0 Å². The SMILES string of the molecule is C[C@H](N)[C@H]1CCC[C@@H](F)C1. The van der Waals surface area contributed by atoms with E-state index in [1.807, 2.05) is 6.92 Å². The van der Waals surface area contributed by atoms with Gasteiger partial charge in [-0.25, -0.2) is 4.39 Å². The monoisotopic (exact) mass is 145 g/mol. The van der Waals surface area contributed by atoms with E-state index in [0.717, 1.165) is 19.3 Å². The summed E-state index contributed by atoms with van der Waals surface area (Å²) >= 11 is 0. The van der Waals surface area contributed by atoms with Crippen LogP contribution in [-0.4, -0.2) is 12.2 Å². The lowest BCUT2D eigenvalue weighted by molar-refractivity contribution is 0.184. The number of nitrogens with two attached hydrogens (primary N) is 1. The van der Waals surface area contributed by atoms with Gasteiger partial charge in [0.1, 0.15) is 6.17 Å². The molecule has 10 heavy (non-hydrogen) atoms. The summed E-state index contributed by atoms with van der Waals surface area (Å²) in [6.07, 6.45) is 3.01. The molecule has 0 amide bonds. The van der Waals surface area contributed by atoms with Crippen molar-refractivity contribution in [3.63, 3.8) is 0 Å². The molecule has 0 heterocycles. The van der Waals surface area contributed by atoms with Gasteiger partial charge in [-0.15, -0.1) is 0 Å². The first-order valence-electron chi connectivity index (χ1n) is 4.10. The number of alkyl halides is 1. The molecule has 2 heteroatoms. The zero-order valence-corrected chi connectivity index (χ0v) is 6.52. The van der Waals surface area contributed by atoms with Gasteiger partial charge in [-0.3, -0.25) is 0 Å². The molecule has 1 fully saturated rings. The molecule has 1 aliphatic rings. The van der Waals surface area contributed by atoms with Gasteiger partial charge in [0.15, 0.2) is 0 Å². The van der Waals surface area contributed by atoms with Crippen molar-refractivity contribution in [2.45, 2.75) is 44.8 Å². The fourth-order valence-corrected chi connectivity index (χ4v) is 1.64. The molecule has 1 nitrogen and oxygen atoms in total. The molecule has 0 spiro atoms. The lowest BCUT2D eigenvalue weighted by Gasteiger charge is -2.27. The number of hydrogen-bond donors (Lipinski definition) is 1. The van der Waals surface area contributed by atoms with Crippen molar-refractivity contribution in [2.75, 3.05) is 0 Å². The van der Waals surface area contributed by atoms with Crippen molar-refractivity contribution in [1.29, 1.82) is 0 Å². The Morgan fingerprint density at radius 1 is 1.50 bits per heavy atom. The Bertz CT molecular complexity index is 103. The molecule has 3 atom stereocenters. The molecule has 0 saturated heterocycles. The van der Waals surface area contributed by atoms with Gasteiger partial charge in [0.25, 0.3) is 0 Å². The highest BCUT2D eigenvalue weighted by Gasteiger charge is 2.23. The van der Waals surface area contributed by atoms with Crippen LogP contribution in [0.5, 0.6) is 0 Å².